The van der Waals surface area contributed by atoms with E-state index in [1.54, 1.807) is 0 Å². The summed E-state index contributed by atoms with van der Waals surface area (Å²) in [5, 5.41) is 3.59. The molecular weight excluding hydrogens is 184 g/mol. The summed E-state index contributed by atoms with van der Waals surface area (Å²) in [4.78, 5) is 2.69. The summed E-state index contributed by atoms with van der Waals surface area (Å²) in [6, 6.07) is 0.826. The van der Waals surface area contributed by atoms with E-state index in [2.05, 4.69) is 17.1 Å². The van der Waals surface area contributed by atoms with Gasteiger partial charge >= 0.3 is 0 Å². The molecule has 2 saturated heterocycles. The number of rotatable bonds is 4. The molecule has 2 fully saturated rings. The molecule has 2 heteroatoms. The van der Waals surface area contributed by atoms with E-state index in [-0.39, 0.29) is 0 Å². The lowest BCUT2D eigenvalue weighted by atomic mass is 9.95. The minimum atomic E-state index is 0.826. The second kappa shape index (κ2) is 5.86. The lowest BCUT2D eigenvalue weighted by molar-refractivity contribution is 0.166. The Morgan fingerprint density at radius 3 is 2.93 bits per heavy atom. The first-order chi connectivity index (χ1) is 7.38. The highest BCUT2D eigenvalue weighted by atomic mass is 15.1. The fourth-order valence-corrected chi connectivity index (χ4v) is 3.03. The van der Waals surface area contributed by atoms with Crippen LogP contribution in [0.25, 0.3) is 0 Å². The van der Waals surface area contributed by atoms with E-state index in [9.17, 15) is 0 Å². The zero-order valence-electron chi connectivity index (χ0n) is 10.2. The first-order valence-corrected chi connectivity index (χ1v) is 6.84. The van der Waals surface area contributed by atoms with Gasteiger partial charge in [-0.1, -0.05) is 13.3 Å². The van der Waals surface area contributed by atoms with Gasteiger partial charge in [0.1, 0.15) is 0 Å². The molecule has 0 spiro atoms. The molecule has 2 aliphatic rings. The molecule has 1 N–H and O–H groups in total. The molecule has 0 aromatic heterocycles. The average Bonchev–Trinajstić information content (AvgIpc) is 2.79. The maximum Gasteiger partial charge on any atom is 0.00797 e. The number of hydrogen-bond donors (Lipinski definition) is 1. The van der Waals surface area contributed by atoms with Gasteiger partial charge < -0.3 is 10.2 Å². The first-order valence-electron chi connectivity index (χ1n) is 6.84. The molecule has 15 heavy (non-hydrogen) atoms. The van der Waals surface area contributed by atoms with Crippen LogP contribution in [-0.2, 0) is 0 Å². The summed E-state index contributed by atoms with van der Waals surface area (Å²) >= 11 is 0. The van der Waals surface area contributed by atoms with E-state index in [1.807, 2.05) is 0 Å². The molecule has 88 valence electrons. The lowest BCUT2D eigenvalue weighted by Crippen LogP contribution is -2.38. The van der Waals surface area contributed by atoms with Crippen molar-refractivity contribution in [2.45, 2.75) is 51.5 Å². The molecule has 2 nitrogen and oxygen atoms in total. The summed E-state index contributed by atoms with van der Waals surface area (Å²) in [7, 11) is 0. The molecule has 2 atom stereocenters. The molecule has 0 aromatic carbocycles. The van der Waals surface area contributed by atoms with Crippen molar-refractivity contribution in [3.05, 3.63) is 0 Å². The smallest absolute Gasteiger partial charge is 0.00797 e. The van der Waals surface area contributed by atoms with Crippen LogP contribution in [0.3, 0.4) is 0 Å². The van der Waals surface area contributed by atoms with E-state index in [0.29, 0.717) is 0 Å². The van der Waals surface area contributed by atoms with Crippen molar-refractivity contribution in [3.63, 3.8) is 0 Å². The maximum atomic E-state index is 3.59. The predicted molar refractivity (Wildman–Crippen MR) is 65.1 cm³/mol. The van der Waals surface area contributed by atoms with E-state index < -0.39 is 0 Å². The molecule has 0 aliphatic carbocycles. The van der Waals surface area contributed by atoms with Crippen LogP contribution in [0, 0.1) is 5.92 Å². The van der Waals surface area contributed by atoms with Gasteiger partial charge in [-0.15, -0.1) is 0 Å². The van der Waals surface area contributed by atoms with Crippen LogP contribution < -0.4 is 5.32 Å². The Labute approximate surface area is 94.4 Å². The lowest BCUT2D eigenvalue weighted by Gasteiger charge is -2.32. The topological polar surface area (TPSA) is 15.3 Å². The molecule has 0 saturated carbocycles. The molecular formula is C13H26N2. The Morgan fingerprint density at radius 2 is 2.20 bits per heavy atom. The van der Waals surface area contributed by atoms with Crippen LogP contribution in [-0.4, -0.2) is 37.1 Å². The fourth-order valence-electron chi connectivity index (χ4n) is 3.03. The van der Waals surface area contributed by atoms with E-state index in [0.717, 1.165) is 12.0 Å². The zero-order chi connectivity index (χ0) is 10.5. The number of piperidine rings is 1. The van der Waals surface area contributed by atoms with Crippen LogP contribution in [0.1, 0.15) is 45.4 Å². The van der Waals surface area contributed by atoms with Crippen LogP contribution in [0.2, 0.25) is 0 Å². The molecule has 2 rings (SSSR count). The molecule has 0 aromatic rings. The Kier molecular flexibility index (Phi) is 4.45. The average molecular weight is 210 g/mol. The third-order valence-corrected chi connectivity index (χ3v) is 4.14. The molecule has 2 unspecified atom stereocenters. The van der Waals surface area contributed by atoms with E-state index >= 15 is 0 Å². The van der Waals surface area contributed by atoms with Gasteiger partial charge in [0.05, 0.1) is 0 Å². The van der Waals surface area contributed by atoms with Crippen LogP contribution >= 0.6 is 0 Å². The third-order valence-electron chi connectivity index (χ3n) is 4.14. The molecule has 0 radical (unpaired) electrons. The van der Waals surface area contributed by atoms with Crippen LogP contribution in [0.4, 0.5) is 0 Å². The molecule has 0 amide bonds. The van der Waals surface area contributed by atoms with Crippen molar-refractivity contribution in [2.24, 2.45) is 5.92 Å². The second-order valence-electron chi connectivity index (χ2n) is 5.30. The Morgan fingerprint density at radius 1 is 1.27 bits per heavy atom. The van der Waals surface area contributed by atoms with Crippen molar-refractivity contribution in [1.82, 2.24) is 10.2 Å². The van der Waals surface area contributed by atoms with Crippen molar-refractivity contribution < 1.29 is 0 Å². The molecule has 2 heterocycles. The summed E-state index contributed by atoms with van der Waals surface area (Å²) in [5.41, 5.74) is 0. The van der Waals surface area contributed by atoms with Gasteiger partial charge in [0.2, 0.25) is 0 Å². The van der Waals surface area contributed by atoms with Gasteiger partial charge in [0.15, 0.2) is 0 Å². The second-order valence-corrected chi connectivity index (χ2v) is 5.30. The van der Waals surface area contributed by atoms with Crippen LogP contribution in [0.15, 0.2) is 0 Å². The van der Waals surface area contributed by atoms with E-state index in [1.165, 1.54) is 64.7 Å². The standard InChI is InChI=1S/C13H26N2/c1-2-12-5-4-9-15(11-12)10-7-13-6-3-8-14-13/h12-14H,2-11H2,1H3. The van der Waals surface area contributed by atoms with Crippen molar-refractivity contribution in [1.29, 1.82) is 0 Å². The largest absolute Gasteiger partial charge is 0.314 e. The maximum absolute atomic E-state index is 3.59. The van der Waals surface area contributed by atoms with Gasteiger partial charge in [-0.25, -0.2) is 0 Å². The normalized spacial score (nSPS) is 33.4. The first kappa shape index (κ1) is 11.4. The summed E-state index contributed by atoms with van der Waals surface area (Å²) in [6.45, 7) is 7.63. The van der Waals surface area contributed by atoms with Crippen molar-refractivity contribution >= 4 is 0 Å². The quantitative estimate of drug-likeness (QED) is 0.765. The number of hydrogen-bond acceptors (Lipinski definition) is 2. The Balaban J connectivity index is 1.65. The SMILES string of the molecule is CCC1CCCN(CCC2CCCN2)C1. The summed E-state index contributed by atoms with van der Waals surface area (Å²) in [5.74, 6) is 0.982. The van der Waals surface area contributed by atoms with Gasteiger partial charge in [-0.2, -0.15) is 0 Å². The number of likely N-dealkylation sites (tertiary alicyclic amines) is 1. The minimum absolute atomic E-state index is 0.826. The van der Waals surface area contributed by atoms with Gasteiger partial charge in [-0.3, -0.25) is 0 Å². The fraction of sp³-hybridized carbons (Fsp3) is 1.00. The summed E-state index contributed by atoms with van der Waals surface area (Å²) in [6.07, 6.45) is 8.44. The highest BCUT2D eigenvalue weighted by Gasteiger charge is 2.20. The summed E-state index contributed by atoms with van der Waals surface area (Å²) < 4.78 is 0. The number of nitrogens with zero attached hydrogens (tertiary/aromatic N) is 1. The van der Waals surface area contributed by atoms with Gasteiger partial charge in [0.25, 0.3) is 0 Å². The van der Waals surface area contributed by atoms with Crippen molar-refractivity contribution in [2.75, 3.05) is 26.2 Å². The van der Waals surface area contributed by atoms with Gasteiger partial charge in [0, 0.05) is 12.6 Å². The highest BCUT2D eigenvalue weighted by Crippen LogP contribution is 2.20. The highest BCUT2D eigenvalue weighted by molar-refractivity contribution is 4.78. The minimum Gasteiger partial charge on any atom is -0.314 e. The Hall–Kier alpha value is -0.0800. The molecule has 0 bridgehead atoms. The van der Waals surface area contributed by atoms with Crippen LogP contribution in [0.5, 0.6) is 0 Å². The van der Waals surface area contributed by atoms with Gasteiger partial charge in [-0.05, 0) is 57.7 Å². The number of nitrogens with one attached hydrogen (secondary N) is 1. The van der Waals surface area contributed by atoms with E-state index in [4.69, 9.17) is 0 Å². The third kappa shape index (κ3) is 3.46. The van der Waals surface area contributed by atoms with Crippen molar-refractivity contribution in [3.8, 4) is 0 Å². The monoisotopic (exact) mass is 210 g/mol. The Bertz CT molecular complexity index is 175. The predicted octanol–water partition coefficient (Wildman–Crippen LogP) is 2.25. The molecule has 2 aliphatic heterocycles. The zero-order valence-corrected chi connectivity index (χ0v) is 10.2.